The van der Waals surface area contributed by atoms with Crippen LogP contribution in [0.3, 0.4) is 0 Å². The smallest absolute Gasteiger partial charge is 0.328 e. The molecule has 1 aliphatic carbocycles. The fourth-order valence-electron chi connectivity index (χ4n) is 1.36. The van der Waals surface area contributed by atoms with Gasteiger partial charge in [0, 0.05) is 6.08 Å². The molecule has 1 N–H and O–H groups in total. The molecule has 1 aliphatic rings. The van der Waals surface area contributed by atoms with Crippen LogP contribution in [0.2, 0.25) is 0 Å². The molecule has 0 spiro atoms. The van der Waals surface area contributed by atoms with Gasteiger partial charge in [-0.25, -0.2) is 4.79 Å². The lowest BCUT2D eigenvalue weighted by Crippen LogP contribution is -1.85. The Morgan fingerprint density at radius 3 is 2.58 bits per heavy atom. The molecule has 12 heavy (non-hydrogen) atoms. The van der Waals surface area contributed by atoms with Crippen molar-refractivity contribution in [1.29, 1.82) is 0 Å². The molecule has 0 saturated heterocycles. The molecule has 0 aromatic heterocycles. The number of rotatable bonds is 3. The molecule has 0 aliphatic heterocycles. The zero-order valence-corrected chi connectivity index (χ0v) is 7.45. The van der Waals surface area contributed by atoms with Crippen LogP contribution in [0, 0.1) is 11.8 Å². The molecule has 0 bridgehead atoms. The highest BCUT2D eigenvalue weighted by Crippen LogP contribution is 2.43. The predicted molar refractivity (Wildman–Crippen MR) is 47.8 cm³/mol. The molecule has 2 unspecified atom stereocenters. The van der Waals surface area contributed by atoms with Crippen molar-refractivity contribution in [3.63, 3.8) is 0 Å². The molecule has 2 heteroatoms. The summed E-state index contributed by atoms with van der Waals surface area (Å²) in [5.41, 5.74) is 1.29. The van der Waals surface area contributed by atoms with Gasteiger partial charge in [-0.15, -0.1) is 0 Å². The van der Waals surface area contributed by atoms with Crippen molar-refractivity contribution < 1.29 is 9.90 Å². The van der Waals surface area contributed by atoms with Crippen LogP contribution >= 0.6 is 0 Å². The zero-order chi connectivity index (χ0) is 9.14. The van der Waals surface area contributed by atoms with Gasteiger partial charge in [0.15, 0.2) is 0 Å². The maximum absolute atomic E-state index is 10.1. The minimum Gasteiger partial charge on any atom is -0.478 e. The van der Waals surface area contributed by atoms with E-state index in [2.05, 4.69) is 13.8 Å². The molecule has 1 saturated carbocycles. The summed E-state index contributed by atoms with van der Waals surface area (Å²) < 4.78 is 0. The molecular weight excluding hydrogens is 152 g/mol. The van der Waals surface area contributed by atoms with Crippen LogP contribution in [0.4, 0.5) is 0 Å². The fourth-order valence-corrected chi connectivity index (χ4v) is 1.36. The van der Waals surface area contributed by atoms with Crippen molar-refractivity contribution in [3.05, 3.63) is 23.8 Å². The maximum atomic E-state index is 10.1. The zero-order valence-electron chi connectivity index (χ0n) is 7.45. The molecule has 0 aromatic rings. The predicted octanol–water partition coefficient (Wildman–Crippen LogP) is 2.23. The van der Waals surface area contributed by atoms with E-state index in [-0.39, 0.29) is 0 Å². The molecule has 0 aromatic carbocycles. The van der Waals surface area contributed by atoms with E-state index < -0.39 is 5.97 Å². The van der Waals surface area contributed by atoms with Crippen LogP contribution in [-0.4, -0.2) is 11.1 Å². The average molecular weight is 166 g/mol. The van der Waals surface area contributed by atoms with Crippen LogP contribution in [-0.2, 0) is 4.79 Å². The fraction of sp³-hybridized carbons (Fsp3) is 0.500. The van der Waals surface area contributed by atoms with Gasteiger partial charge in [0.2, 0.25) is 0 Å². The third-order valence-corrected chi connectivity index (χ3v) is 2.29. The molecule has 0 heterocycles. The van der Waals surface area contributed by atoms with Gasteiger partial charge in [-0.2, -0.15) is 0 Å². The van der Waals surface area contributed by atoms with E-state index >= 15 is 0 Å². The van der Waals surface area contributed by atoms with Crippen molar-refractivity contribution in [1.82, 2.24) is 0 Å². The molecule has 66 valence electrons. The molecule has 2 atom stereocenters. The Hall–Kier alpha value is -1.05. The summed E-state index contributed by atoms with van der Waals surface area (Å²) in [6.45, 7) is 4.27. The first kappa shape index (κ1) is 9.04. The van der Waals surface area contributed by atoms with Crippen molar-refractivity contribution in [2.45, 2.75) is 20.3 Å². The van der Waals surface area contributed by atoms with Crippen molar-refractivity contribution >= 4 is 5.97 Å². The third-order valence-electron chi connectivity index (χ3n) is 2.29. The van der Waals surface area contributed by atoms with Gasteiger partial charge < -0.3 is 5.11 Å². The molecule has 1 rings (SSSR count). The van der Waals surface area contributed by atoms with Gasteiger partial charge in [0.05, 0.1) is 0 Å². The highest BCUT2D eigenvalue weighted by Gasteiger charge is 2.33. The van der Waals surface area contributed by atoms with Crippen LogP contribution in [0.15, 0.2) is 23.8 Å². The van der Waals surface area contributed by atoms with E-state index in [0.29, 0.717) is 5.92 Å². The summed E-state index contributed by atoms with van der Waals surface area (Å²) in [6, 6.07) is 0. The van der Waals surface area contributed by atoms with Crippen molar-refractivity contribution in [2.24, 2.45) is 11.8 Å². The molecule has 0 radical (unpaired) electrons. The number of carboxylic acids is 1. The lowest BCUT2D eigenvalue weighted by atomic mass is 10.1. The number of hydrogen-bond donors (Lipinski definition) is 1. The highest BCUT2D eigenvalue weighted by molar-refractivity contribution is 5.80. The second-order valence-electron chi connectivity index (χ2n) is 3.43. The van der Waals surface area contributed by atoms with Gasteiger partial charge in [0.1, 0.15) is 0 Å². The monoisotopic (exact) mass is 166 g/mol. The summed E-state index contributed by atoms with van der Waals surface area (Å²) in [4.78, 5) is 10.1. The SMILES string of the molecule is C/C(=C\C=C\C(=O)O)C1CC1C. The Bertz CT molecular complexity index is 238. The van der Waals surface area contributed by atoms with Gasteiger partial charge in [-0.05, 0) is 25.2 Å². The summed E-state index contributed by atoms with van der Waals surface area (Å²) in [7, 11) is 0. The Morgan fingerprint density at radius 2 is 2.17 bits per heavy atom. The van der Waals surface area contributed by atoms with E-state index in [1.165, 1.54) is 12.0 Å². The third kappa shape index (κ3) is 2.53. The quantitative estimate of drug-likeness (QED) is 0.515. The Kier molecular flexibility index (Phi) is 2.69. The first-order valence-electron chi connectivity index (χ1n) is 4.19. The molecular formula is C10H14O2. The Labute approximate surface area is 72.6 Å². The van der Waals surface area contributed by atoms with Crippen LogP contribution < -0.4 is 0 Å². The second-order valence-corrected chi connectivity index (χ2v) is 3.43. The first-order valence-corrected chi connectivity index (χ1v) is 4.19. The van der Waals surface area contributed by atoms with Gasteiger partial charge in [-0.3, -0.25) is 0 Å². The van der Waals surface area contributed by atoms with Gasteiger partial charge >= 0.3 is 5.97 Å². The van der Waals surface area contributed by atoms with Gasteiger partial charge in [-0.1, -0.05) is 24.6 Å². The van der Waals surface area contributed by atoms with Crippen molar-refractivity contribution in [2.75, 3.05) is 0 Å². The normalized spacial score (nSPS) is 29.3. The van der Waals surface area contributed by atoms with E-state index in [1.807, 2.05) is 6.08 Å². The number of carboxylic acid groups (broad SMARTS) is 1. The largest absolute Gasteiger partial charge is 0.478 e. The second kappa shape index (κ2) is 3.57. The van der Waals surface area contributed by atoms with E-state index in [0.717, 1.165) is 12.0 Å². The van der Waals surface area contributed by atoms with E-state index in [1.54, 1.807) is 6.08 Å². The topological polar surface area (TPSA) is 37.3 Å². The van der Waals surface area contributed by atoms with Crippen molar-refractivity contribution in [3.8, 4) is 0 Å². The average Bonchev–Trinajstić information content (AvgIpc) is 2.66. The number of allylic oxidation sites excluding steroid dienone is 3. The summed E-state index contributed by atoms with van der Waals surface area (Å²) >= 11 is 0. The summed E-state index contributed by atoms with van der Waals surface area (Å²) in [5, 5.41) is 8.32. The lowest BCUT2D eigenvalue weighted by Gasteiger charge is -1.93. The van der Waals surface area contributed by atoms with E-state index in [4.69, 9.17) is 5.11 Å². The van der Waals surface area contributed by atoms with E-state index in [9.17, 15) is 4.79 Å². The molecule has 1 fully saturated rings. The summed E-state index contributed by atoms with van der Waals surface area (Å²) in [5.74, 6) is 0.603. The molecule has 2 nitrogen and oxygen atoms in total. The minimum absolute atomic E-state index is 0.698. The Balaban J connectivity index is 2.41. The molecule has 0 amide bonds. The van der Waals surface area contributed by atoms with Crippen LogP contribution in [0.25, 0.3) is 0 Å². The number of hydrogen-bond acceptors (Lipinski definition) is 1. The maximum Gasteiger partial charge on any atom is 0.328 e. The number of carbonyl (C=O) groups is 1. The first-order chi connectivity index (χ1) is 5.61. The number of aliphatic carboxylic acids is 1. The minimum atomic E-state index is -0.886. The highest BCUT2D eigenvalue weighted by atomic mass is 16.4. The summed E-state index contributed by atoms with van der Waals surface area (Å²) in [6.07, 6.45) is 5.91. The standard InChI is InChI=1S/C10H14O2/c1-7(9-6-8(9)2)4-3-5-10(11)12/h3-5,8-9H,6H2,1-2H3,(H,11,12)/b5-3+,7-4+. The van der Waals surface area contributed by atoms with Crippen LogP contribution in [0.5, 0.6) is 0 Å². The van der Waals surface area contributed by atoms with Gasteiger partial charge in [0.25, 0.3) is 0 Å². The van der Waals surface area contributed by atoms with Crippen LogP contribution in [0.1, 0.15) is 20.3 Å². The lowest BCUT2D eigenvalue weighted by molar-refractivity contribution is -0.131. The Morgan fingerprint density at radius 1 is 1.58 bits per heavy atom.